The van der Waals surface area contributed by atoms with E-state index in [2.05, 4.69) is 0 Å². The van der Waals surface area contributed by atoms with Crippen LogP contribution in [0.4, 0.5) is 0 Å². The lowest BCUT2D eigenvalue weighted by Gasteiger charge is -2.21. The number of thiocarbonyl (C=S) groups is 1. The highest BCUT2D eigenvalue weighted by molar-refractivity contribution is 8.22. The Kier molecular flexibility index (Phi) is 3.37. The molecule has 2 saturated carbocycles. The van der Waals surface area contributed by atoms with E-state index in [1.807, 2.05) is 20.1 Å². The van der Waals surface area contributed by atoms with Gasteiger partial charge in [0, 0.05) is 0 Å². The standard InChI is InChI=1S/C13H20O3S2/c1-13(2)15-10-5-7-4-8(14-12(17)18-3)6-9(7)11(10)16-13/h7-11H,4-6H2,1-3H3/t7-,8-,9-,10-,11+/m1/s1. The van der Waals surface area contributed by atoms with Gasteiger partial charge in [-0.05, 0) is 63.4 Å². The Hall–Kier alpha value is 0.160. The van der Waals surface area contributed by atoms with E-state index in [1.165, 1.54) is 11.8 Å². The van der Waals surface area contributed by atoms with Crippen LogP contribution in [0.25, 0.3) is 0 Å². The molecule has 0 unspecified atom stereocenters. The molecule has 1 aliphatic heterocycles. The number of rotatable bonds is 1. The predicted molar refractivity (Wildman–Crippen MR) is 75.6 cm³/mol. The van der Waals surface area contributed by atoms with E-state index in [-0.39, 0.29) is 12.2 Å². The van der Waals surface area contributed by atoms with Crippen LogP contribution in [0.3, 0.4) is 0 Å². The molecule has 0 spiro atoms. The van der Waals surface area contributed by atoms with Gasteiger partial charge in [0.1, 0.15) is 6.10 Å². The second kappa shape index (κ2) is 4.62. The van der Waals surface area contributed by atoms with Crippen molar-refractivity contribution < 1.29 is 14.2 Å². The number of ether oxygens (including phenoxy) is 3. The van der Waals surface area contributed by atoms with Gasteiger partial charge < -0.3 is 14.2 Å². The highest BCUT2D eigenvalue weighted by Crippen LogP contribution is 2.52. The number of hydrogen-bond acceptors (Lipinski definition) is 5. The Morgan fingerprint density at radius 3 is 2.78 bits per heavy atom. The summed E-state index contributed by atoms with van der Waals surface area (Å²) in [5.41, 5.74) is 0. The van der Waals surface area contributed by atoms with Gasteiger partial charge in [0.2, 0.25) is 4.38 Å². The molecule has 0 aromatic heterocycles. The van der Waals surface area contributed by atoms with Gasteiger partial charge in [0.15, 0.2) is 5.79 Å². The van der Waals surface area contributed by atoms with E-state index in [9.17, 15) is 0 Å². The molecule has 1 heterocycles. The molecule has 0 radical (unpaired) electrons. The minimum absolute atomic E-state index is 0.265. The third-order valence-corrected chi connectivity index (χ3v) is 5.34. The van der Waals surface area contributed by atoms with Crippen LogP contribution in [-0.4, -0.2) is 34.7 Å². The zero-order chi connectivity index (χ0) is 12.9. The van der Waals surface area contributed by atoms with E-state index in [1.54, 1.807) is 0 Å². The maximum atomic E-state index is 6.05. The molecule has 0 bridgehead atoms. The lowest BCUT2D eigenvalue weighted by atomic mass is 9.99. The van der Waals surface area contributed by atoms with Gasteiger partial charge in [0.25, 0.3) is 0 Å². The summed E-state index contributed by atoms with van der Waals surface area (Å²) in [5.74, 6) is 0.866. The van der Waals surface area contributed by atoms with Crippen molar-refractivity contribution in [3.8, 4) is 0 Å². The molecule has 0 amide bonds. The van der Waals surface area contributed by atoms with Crippen LogP contribution in [0.5, 0.6) is 0 Å². The zero-order valence-electron chi connectivity index (χ0n) is 11.0. The summed E-state index contributed by atoms with van der Waals surface area (Å²) in [6, 6.07) is 0. The minimum Gasteiger partial charge on any atom is -0.475 e. The molecule has 3 rings (SSSR count). The fourth-order valence-electron chi connectivity index (χ4n) is 3.77. The first-order valence-corrected chi connectivity index (χ1v) is 8.22. The molecule has 5 atom stereocenters. The van der Waals surface area contributed by atoms with Gasteiger partial charge in [0.05, 0.1) is 12.2 Å². The second-order valence-electron chi connectivity index (χ2n) is 5.96. The van der Waals surface area contributed by atoms with E-state index >= 15 is 0 Å². The molecule has 102 valence electrons. The molecule has 5 heteroatoms. The first-order valence-electron chi connectivity index (χ1n) is 6.59. The van der Waals surface area contributed by atoms with Crippen LogP contribution in [0, 0.1) is 11.8 Å². The maximum Gasteiger partial charge on any atom is 0.219 e. The third kappa shape index (κ3) is 2.30. The number of thioether (sulfide) groups is 1. The normalized spacial score (nSPS) is 44.7. The van der Waals surface area contributed by atoms with Crippen LogP contribution in [0.2, 0.25) is 0 Å². The van der Waals surface area contributed by atoms with Gasteiger partial charge in [-0.3, -0.25) is 0 Å². The molecule has 3 fully saturated rings. The van der Waals surface area contributed by atoms with Crippen LogP contribution in [-0.2, 0) is 14.2 Å². The van der Waals surface area contributed by atoms with Crippen LogP contribution in [0.15, 0.2) is 0 Å². The Balaban J connectivity index is 1.62. The number of hydrogen-bond donors (Lipinski definition) is 0. The summed E-state index contributed by atoms with van der Waals surface area (Å²) in [5, 5.41) is 0. The topological polar surface area (TPSA) is 27.7 Å². The average molecular weight is 288 g/mol. The van der Waals surface area contributed by atoms with Crippen LogP contribution < -0.4 is 0 Å². The molecule has 3 aliphatic rings. The lowest BCUT2D eigenvalue weighted by Crippen LogP contribution is -2.26. The van der Waals surface area contributed by atoms with E-state index in [0.717, 1.165) is 19.3 Å². The summed E-state index contributed by atoms with van der Waals surface area (Å²) >= 11 is 6.65. The smallest absolute Gasteiger partial charge is 0.219 e. The first kappa shape index (κ1) is 13.2. The average Bonchev–Trinajstić information content (AvgIpc) is 2.86. The molecule has 18 heavy (non-hydrogen) atoms. The Morgan fingerprint density at radius 1 is 1.28 bits per heavy atom. The van der Waals surface area contributed by atoms with Gasteiger partial charge in [-0.1, -0.05) is 11.8 Å². The van der Waals surface area contributed by atoms with E-state index < -0.39 is 5.79 Å². The molecular formula is C13H20O3S2. The van der Waals surface area contributed by atoms with Crippen molar-refractivity contribution >= 4 is 28.4 Å². The van der Waals surface area contributed by atoms with Gasteiger partial charge in [-0.25, -0.2) is 0 Å². The quantitative estimate of drug-likeness (QED) is 0.692. The molecule has 2 aliphatic carbocycles. The number of fused-ring (bicyclic) bond motifs is 3. The highest BCUT2D eigenvalue weighted by atomic mass is 32.2. The molecule has 0 aromatic carbocycles. The SMILES string of the molecule is CSC(=S)O[C@@H]1C[C@@H]2C[C@H]3OC(C)(C)O[C@H]3[C@@H]2C1. The van der Waals surface area contributed by atoms with Crippen LogP contribution >= 0.6 is 24.0 Å². The van der Waals surface area contributed by atoms with Crippen molar-refractivity contribution in [2.24, 2.45) is 11.8 Å². The van der Waals surface area contributed by atoms with Gasteiger partial charge in [-0.15, -0.1) is 0 Å². The van der Waals surface area contributed by atoms with E-state index in [4.69, 9.17) is 26.4 Å². The van der Waals surface area contributed by atoms with Crippen molar-refractivity contribution in [1.29, 1.82) is 0 Å². The third-order valence-electron chi connectivity index (χ3n) is 4.31. The largest absolute Gasteiger partial charge is 0.475 e. The fraction of sp³-hybridized carbons (Fsp3) is 0.923. The lowest BCUT2D eigenvalue weighted by molar-refractivity contribution is -0.158. The molecule has 3 nitrogen and oxygen atoms in total. The predicted octanol–water partition coefficient (Wildman–Crippen LogP) is 2.97. The summed E-state index contributed by atoms with van der Waals surface area (Å²) < 4.78 is 18.5. The monoisotopic (exact) mass is 288 g/mol. The van der Waals surface area contributed by atoms with Crippen molar-refractivity contribution in [2.45, 2.75) is 57.2 Å². The first-order chi connectivity index (χ1) is 8.48. The Bertz CT molecular complexity index is 358. The van der Waals surface area contributed by atoms with Crippen molar-refractivity contribution in [2.75, 3.05) is 6.26 Å². The molecule has 0 N–H and O–H groups in total. The Morgan fingerprint density at radius 2 is 2.06 bits per heavy atom. The van der Waals surface area contributed by atoms with E-state index in [0.29, 0.717) is 22.3 Å². The Labute approximate surface area is 118 Å². The van der Waals surface area contributed by atoms with Gasteiger partial charge in [-0.2, -0.15) is 0 Å². The van der Waals surface area contributed by atoms with Crippen molar-refractivity contribution in [1.82, 2.24) is 0 Å². The molecular weight excluding hydrogens is 268 g/mol. The minimum atomic E-state index is -0.409. The zero-order valence-corrected chi connectivity index (χ0v) is 12.7. The maximum absolute atomic E-state index is 6.05. The summed E-state index contributed by atoms with van der Waals surface area (Å²) in [6.45, 7) is 4.01. The summed E-state index contributed by atoms with van der Waals surface area (Å²) in [4.78, 5) is 0. The summed E-state index contributed by atoms with van der Waals surface area (Å²) in [6.07, 6.45) is 6.09. The van der Waals surface area contributed by atoms with Gasteiger partial charge >= 0.3 is 0 Å². The van der Waals surface area contributed by atoms with Crippen LogP contribution in [0.1, 0.15) is 33.1 Å². The summed E-state index contributed by atoms with van der Waals surface area (Å²) in [7, 11) is 0. The second-order valence-corrected chi connectivity index (χ2v) is 7.37. The molecule has 1 saturated heterocycles. The highest BCUT2D eigenvalue weighted by Gasteiger charge is 2.56. The van der Waals surface area contributed by atoms with Crippen molar-refractivity contribution in [3.63, 3.8) is 0 Å². The fourth-order valence-corrected chi connectivity index (χ4v) is 4.13. The molecule has 0 aromatic rings. The van der Waals surface area contributed by atoms with Crippen molar-refractivity contribution in [3.05, 3.63) is 0 Å².